The normalized spacial score (nSPS) is 14.5. The second-order valence-electron chi connectivity index (χ2n) is 6.67. The number of carbonyl (C=O) groups excluding carboxylic acids is 2. The summed E-state index contributed by atoms with van der Waals surface area (Å²) in [6, 6.07) is 23.0. The van der Waals surface area contributed by atoms with E-state index in [2.05, 4.69) is 10.4 Å². The van der Waals surface area contributed by atoms with Crippen molar-refractivity contribution in [2.24, 2.45) is 4.99 Å². The van der Waals surface area contributed by atoms with Crippen LogP contribution in [0.5, 0.6) is 5.75 Å². The van der Waals surface area contributed by atoms with Gasteiger partial charge in [-0.2, -0.15) is 5.01 Å². The Labute approximate surface area is 184 Å². The number of amidine groups is 1. The summed E-state index contributed by atoms with van der Waals surface area (Å²) in [5.41, 5.74) is 4.56. The van der Waals surface area contributed by atoms with E-state index in [1.54, 1.807) is 49.6 Å². The zero-order valence-corrected chi connectivity index (χ0v) is 17.3. The van der Waals surface area contributed by atoms with E-state index in [9.17, 15) is 9.59 Å². The lowest BCUT2D eigenvalue weighted by atomic mass is 10.2. The molecule has 0 unspecified atom stereocenters. The molecule has 0 bridgehead atoms. The lowest BCUT2D eigenvalue weighted by Crippen LogP contribution is -2.47. The third-order valence-electron chi connectivity index (χ3n) is 4.64. The van der Waals surface area contributed by atoms with Gasteiger partial charge in [0.25, 0.3) is 11.8 Å². The summed E-state index contributed by atoms with van der Waals surface area (Å²) >= 11 is 6.14. The molecular formula is C24H18ClN3O3. The van der Waals surface area contributed by atoms with Gasteiger partial charge in [-0.3, -0.25) is 15.0 Å². The first-order valence-corrected chi connectivity index (χ1v) is 9.84. The van der Waals surface area contributed by atoms with E-state index in [0.717, 1.165) is 10.6 Å². The van der Waals surface area contributed by atoms with Gasteiger partial charge in [0.1, 0.15) is 11.4 Å². The van der Waals surface area contributed by atoms with Crippen LogP contribution in [0.3, 0.4) is 0 Å². The number of aliphatic imine (C=N–C) groups is 1. The van der Waals surface area contributed by atoms with Crippen molar-refractivity contribution in [1.29, 1.82) is 0 Å². The Morgan fingerprint density at radius 2 is 1.68 bits per heavy atom. The lowest BCUT2D eigenvalue weighted by Gasteiger charge is -2.19. The number of hydrazine groups is 1. The number of carbonyl (C=O) groups is 2. The maximum absolute atomic E-state index is 13.1. The van der Waals surface area contributed by atoms with E-state index in [1.807, 2.05) is 42.5 Å². The number of amides is 2. The number of benzene rings is 3. The summed E-state index contributed by atoms with van der Waals surface area (Å²) < 4.78 is 5.17. The number of halogens is 1. The molecule has 0 radical (unpaired) electrons. The second kappa shape index (κ2) is 8.85. The van der Waals surface area contributed by atoms with Crippen LogP contribution in [-0.4, -0.2) is 29.8 Å². The van der Waals surface area contributed by atoms with E-state index in [1.165, 1.54) is 0 Å². The van der Waals surface area contributed by atoms with Gasteiger partial charge in [-0.15, -0.1) is 0 Å². The van der Waals surface area contributed by atoms with Crippen molar-refractivity contribution in [1.82, 2.24) is 10.4 Å². The molecule has 0 saturated heterocycles. The SMILES string of the molecule is COc1ccc(/C=C2\N=C(c3ccccc3)N(NC(=O)c3ccccc3Cl)C2=O)cc1. The Morgan fingerprint density at radius 3 is 2.35 bits per heavy atom. The van der Waals surface area contributed by atoms with Gasteiger partial charge in [0.05, 0.1) is 17.7 Å². The summed E-state index contributed by atoms with van der Waals surface area (Å²) in [6.07, 6.45) is 1.66. The van der Waals surface area contributed by atoms with Crippen molar-refractivity contribution < 1.29 is 14.3 Å². The molecule has 31 heavy (non-hydrogen) atoms. The van der Waals surface area contributed by atoms with Crippen LogP contribution >= 0.6 is 11.6 Å². The maximum atomic E-state index is 13.1. The summed E-state index contributed by atoms with van der Waals surface area (Å²) in [5, 5.41) is 1.44. The van der Waals surface area contributed by atoms with Crippen LogP contribution < -0.4 is 10.2 Å². The number of hydrogen-bond donors (Lipinski definition) is 1. The highest BCUT2D eigenvalue weighted by molar-refractivity contribution is 6.34. The van der Waals surface area contributed by atoms with E-state index in [0.29, 0.717) is 22.2 Å². The molecular weight excluding hydrogens is 414 g/mol. The van der Waals surface area contributed by atoms with E-state index >= 15 is 0 Å². The number of hydrogen-bond acceptors (Lipinski definition) is 4. The molecule has 3 aromatic rings. The van der Waals surface area contributed by atoms with E-state index in [4.69, 9.17) is 16.3 Å². The number of methoxy groups -OCH3 is 1. The molecule has 1 aliphatic rings. The van der Waals surface area contributed by atoms with Gasteiger partial charge in [0, 0.05) is 5.56 Å². The van der Waals surface area contributed by atoms with Crippen LogP contribution in [0.4, 0.5) is 0 Å². The first kappa shape index (κ1) is 20.4. The Hall–Kier alpha value is -3.90. The summed E-state index contributed by atoms with van der Waals surface area (Å²) in [6.45, 7) is 0. The molecule has 6 nitrogen and oxygen atoms in total. The predicted molar refractivity (Wildman–Crippen MR) is 120 cm³/mol. The molecule has 0 spiro atoms. The Bertz CT molecular complexity index is 1190. The second-order valence-corrected chi connectivity index (χ2v) is 7.07. The molecule has 0 fully saturated rings. The number of nitrogens with one attached hydrogen (secondary N) is 1. The fourth-order valence-corrected chi connectivity index (χ4v) is 3.29. The largest absolute Gasteiger partial charge is 0.497 e. The predicted octanol–water partition coefficient (Wildman–Crippen LogP) is 4.32. The van der Waals surface area contributed by atoms with Crippen LogP contribution in [0.15, 0.2) is 89.6 Å². The molecule has 3 aromatic carbocycles. The molecule has 7 heteroatoms. The zero-order valence-electron chi connectivity index (χ0n) is 16.6. The van der Waals surface area contributed by atoms with E-state index in [-0.39, 0.29) is 11.3 Å². The molecule has 1 heterocycles. The fourth-order valence-electron chi connectivity index (χ4n) is 3.07. The van der Waals surface area contributed by atoms with Gasteiger partial charge in [-0.05, 0) is 35.9 Å². The Kier molecular flexibility index (Phi) is 5.82. The highest BCUT2D eigenvalue weighted by Crippen LogP contribution is 2.23. The highest BCUT2D eigenvalue weighted by Gasteiger charge is 2.33. The van der Waals surface area contributed by atoms with Crippen molar-refractivity contribution >= 4 is 35.3 Å². The van der Waals surface area contributed by atoms with Gasteiger partial charge in [-0.1, -0.05) is 66.2 Å². The summed E-state index contributed by atoms with van der Waals surface area (Å²) in [5.74, 6) is 0.0797. The molecule has 2 amide bonds. The van der Waals surface area contributed by atoms with Crippen molar-refractivity contribution in [3.8, 4) is 5.75 Å². The zero-order chi connectivity index (χ0) is 21.8. The fraction of sp³-hybridized carbons (Fsp3) is 0.0417. The average Bonchev–Trinajstić information content (AvgIpc) is 3.10. The van der Waals surface area contributed by atoms with Gasteiger partial charge in [0.2, 0.25) is 0 Å². The van der Waals surface area contributed by atoms with Crippen LogP contribution in [0.2, 0.25) is 5.02 Å². The van der Waals surface area contributed by atoms with Crippen LogP contribution in [0, 0.1) is 0 Å². The van der Waals surface area contributed by atoms with Crippen molar-refractivity contribution in [2.45, 2.75) is 0 Å². The standard InChI is InChI=1S/C24H18ClN3O3/c1-31-18-13-11-16(12-14-18)15-21-24(30)28(22(26-21)17-7-3-2-4-8-17)27-23(29)19-9-5-6-10-20(19)25/h2-15H,1H3,(H,27,29)/b21-15-. The van der Waals surface area contributed by atoms with Crippen molar-refractivity contribution in [3.63, 3.8) is 0 Å². The molecule has 4 rings (SSSR count). The molecule has 1 N–H and O–H groups in total. The molecule has 0 saturated carbocycles. The van der Waals surface area contributed by atoms with Gasteiger partial charge >= 0.3 is 0 Å². The average molecular weight is 432 g/mol. The quantitative estimate of drug-likeness (QED) is 0.611. The summed E-state index contributed by atoms with van der Waals surface area (Å²) in [7, 11) is 1.59. The first-order chi connectivity index (χ1) is 15.1. The minimum absolute atomic E-state index is 0.198. The molecule has 0 aliphatic carbocycles. The van der Waals surface area contributed by atoms with Crippen LogP contribution in [0.1, 0.15) is 21.5 Å². The van der Waals surface area contributed by atoms with Gasteiger partial charge < -0.3 is 4.74 Å². The Balaban J connectivity index is 1.69. The monoisotopic (exact) mass is 431 g/mol. The van der Waals surface area contributed by atoms with Gasteiger partial charge in [-0.25, -0.2) is 4.99 Å². The van der Waals surface area contributed by atoms with Crippen molar-refractivity contribution in [3.05, 3.63) is 106 Å². The number of ether oxygens (including phenoxy) is 1. The van der Waals surface area contributed by atoms with Crippen LogP contribution in [0.25, 0.3) is 6.08 Å². The van der Waals surface area contributed by atoms with Crippen molar-refractivity contribution in [2.75, 3.05) is 7.11 Å². The minimum atomic E-state index is -0.506. The number of rotatable bonds is 5. The molecule has 1 aliphatic heterocycles. The third kappa shape index (κ3) is 4.34. The van der Waals surface area contributed by atoms with Gasteiger partial charge in [0.15, 0.2) is 5.84 Å². The molecule has 0 atom stereocenters. The Morgan fingerprint density at radius 1 is 1.00 bits per heavy atom. The topological polar surface area (TPSA) is 71.0 Å². The molecule has 154 valence electrons. The first-order valence-electron chi connectivity index (χ1n) is 9.46. The van der Waals surface area contributed by atoms with E-state index < -0.39 is 11.8 Å². The van der Waals surface area contributed by atoms with Crippen LogP contribution in [-0.2, 0) is 4.79 Å². The lowest BCUT2D eigenvalue weighted by molar-refractivity contribution is -0.124. The number of nitrogens with zero attached hydrogens (tertiary/aromatic N) is 2. The molecule has 0 aromatic heterocycles. The smallest absolute Gasteiger partial charge is 0.297 e. The third-order valence-corrected chi connectivity index (χ3v) is 4.97. The maximum Gasteiger partial charge on any atom is 0.297 e. The minimum Gasteiger partial charge on any atom is -0.497 e. The summed E-state index contributed by atoms with van der Waals surface area (Å²) in [4.78, 5) is 30.4. The highest BCUT2D eigenvalue weighted by atomic mass is 35.5.